The molecule has 3 heterocycles. The third-order valence-electron chi connectivity index (χ3n) is 12.2. The SMILES string of the molecule is Cc1c(C)n(-c2ccccc2)c2cc3c(cc12)-c1ccc(/C(=C(\c2ccccc2)c2ccc(N(c4cccnc4)c4cccnc4)cc2)c2ccccc2)cc1C3(C)C. The lowest BCUT2D eigenvalue weighted by atomic mass is 9.80. The van der Waals surface area contributed by atoms with Gasteiger partial charge in [0.25, 0.3) is 0 Å². The maximum absolute atomic E-state index is 4.44. The summed E-state index contributed by atoms with van der Waals surface area (Å²) in [6.07, 6.45) is 7.39. The van der Waals surface area contributed by atoms with Gasteiger partial charge in [0.2, 0.25) is 0 Å². The first-order valence-corrected chi connectivity index (χ1v) is 20.3. The minimum absolute atomic E-state index is 0.221. The van der Waals surface area contributed by atoms with Crippen LogP contribution in [0.2, 0.25) is 0 Å². The van der Waals surface area contributed by atoms with E-state index in [0.29, 0.717) is 0 Å². The Hall–Kier alpha value is -7.30. The highest BCUT2D eigenvalue weighted by molar-refractivity contribution is 6.05. The third kappa shape index (κ3) is 6.16. The summed E-state index contributed by atoms with van der Waals surface area (Å²) in [7, 11) is 0. The topological polar surface area (TPSA) is 34.0 Å². The summed E-state index contributed by atoms with van der Waals surface area (Å²) in [6.45, 7) is 9.28. The average molecular weight is 761 g/mol. The van der Waals surface area contributed by atoms with Crippen LogP contribution in [0.1, 0.15) is 58.5 Å². The van der Waals surface area contributed by atoms with Gasteiger partial charge in [-0.25, -0.2) is 0 Å². The molecule has 0 atom stereocenters. The number of nitrogens with zero attached hydrogens (tertiary/aromatic N) is 4. The van der Waals surface area contributed by atoms with Crippen LogP contribution in [0, 0.1) is 13.8 Å². The van der Waals surface area contributed by atoms with Crippen molar-refractivity contribution in [1.82, 2.24) is 14.5 Å². The molecule has 0 unspecified atom stereocenters. The van der Waals surface area contributed by atoms with Crippen LogP contribution in [0.3, 0.4) is 0 Å². The monoisotopic (exact) mass is 760 g/mol. The Morgan fingerprint density at radius 2 is 1.02 bits per heavy atom. The summed E-state index contributed by atoms with van der Waals surface area (Å²) in [6, 6.07) is 61.6. The van der Waals surface area contributed by atoms with E-state index in [1.165, 1.54) is 72.4 Å². The highest BCUT2D eigenvalue weighted by atomic mass is 15.2. The second kappa shape index (κ2) is 14.6. The fraction of sp³-hybridized carbons (Fsp3) is 0.0909. The van der Waals surface area contributed by atoms with Crippen molar-refractivity contribution in [3.63, 3.8) is 0 Å². The Bertz CT molecular complexity index is 2950. The number of pyridine rings is 2. The molecule has 0 aliphatic heterocycles. The molecule has 0 saturated carbocycles. The van der Waals surface area contributed by atoms with Gasteiger partial charge in [0.15, 0.2) is 0 Å². The molecule has 1 aliphatic rings. The van der Waals surface area contributed by atoms with Gasteiger partial charge in [-0.05, 0) is 142 Å². The largest absolute Gasteiger partial charge is 0.314 e. The smallest absolute Gasteiger partial charge is 0.0645 e. The number of benzene rings is 6. The molecule has 59 heavy (non-hydrogen) atoms. The van der Waals surface area contributed by atoms with E-state index in [2.05, 4.69) is 205 Å². The molecule has 9 aromatic rings. The van der Waals surface area contributed by atoms with Gasteiger partial charge in [-0.15, -0.1) is 0 Å². The van der Waals surface area contributed by atoms with E-state index in [1.807, 2.05) is 24.5 Å². The van der Waals surface area contributed by atoms with Crippen molar-refractivity contribution in [3.8, 4) is 16.8 Å². The molecule has 0 fully saturated rings. The summed E-state index contributed by atoms with van der Waals surface area (Å²) in [5.41, 5.74) is 20.2. The van der Waals surface area contributed by atoms with Crippen LogP contribution in [0.5, 0.6) is 0 Å². The predicted octanol–water partition coefficient (Wildman–Crippen LogP) is 13.8. The normalized spacial score (nSPS) is 13.2. The second-order valence-corrected chi connectivity index (χ2v) is 16.0. The molecule has 0 radical (unpaired) electrons. The van der Waals surface area contributed by atoms with Gasteiger partial charge < -0.3 is 9.47 Å². The zero-order valence-corrected chi connectivity index (χ0v) is 33.8. The molecule has 1 aliphatic carbocycles. The molecule has 0 N–H and O–H groups in total. The number of hydrogen-bond acceptors (Lipinski definition) is 3. The van der Waals surface area contributed by atoms with Crippen LogP contribution in [0.4, 0.5) is 17.1 Å². The predicted molar refractivity (Wildman–Crippen MR) is 245 cm³/mol. The molecule has 0 spiro atoms. The summed E-state index contributed by atoms with van der Waals surface area (Å²) < 4.78 is 2.43. The standard InChI is InChI=1S/C55H44N4/c1-37-38(2)58(43-20-12-7-13-21-43)52-34-51-49(33-48(37)52)47-29-26-42(32-50(47)55(51,3)4)54(40-18-10-6-11-19-40)53(39-16-8-5-9-17-39)41-24-27-44(28-25-41)59(45-22-14-30-56-35-45)46-23-15-31-57-36-46/h5-36H,1-4H3/b54-53+. The van der Waals surface area contributed by atoms with Crippen molar-refractivity contribution >= 4 is 39.1 Å². The maximum Gasteiger partial charge on any atom is 0.0645 e. The summed E-state index contributed by atoms with van der Waals surface area (Å²) in [5, 5.41) is 1.31. The molecule has 0 amide bonds. The molecule has 0 bridgehead atoms. The van der Waals surface area contributed by atoms with E-state index in [4.69, 9.17) is 0 Å². The number of rotatable bonds is 8. The van der Waals surface area contributed by atoms with E-state index in [0.717, 1.165) is 28.2 Å². The Labute approximate surface area is 346 Å². The fourth-order valence-corrected chi connectivity index (χ4v) is 9.18. The van der Waals surface area contributed by atoms with Crippen LogP contribution in [-0.2, 0) is 5.41 Å². The van der Waals surface area contributed by atoms with Crippen LogP contribution in [-0.4, -0.2) is 14.5 Å². The summed E-state index contributed by atoms with van der Waals surface area (Å²) in [5.74, 6) is 0. The van der Waals surface area contributed by atoms with E-state index in [9.17, 15) is 0 Å². The minimum Gasteiger partial charge on any atom is -0.314 e. The lowest BCUT2D eigenvalue weighted by Crippen LogP contribution is -2.15. The highest BCUT2D eigenvalue weighted by Gasteiger charge is 2.37. The molecule has 3 aromatic heterocycles. The van der Waals surface area contributed by atoms with Gasteiger partial charge in [-0.1, -0.05) is 117 Å². The first-order valence-electron chi connectivity index (χ1n) is 20.3. The Morgan fingerprint density at radius 1 is 0.492 bits per heavy atom. The van der Waals surface area contributed by atoms with Gasteiger partial charge in [0.05, 0.1) is 29.3 Å². The minimum atomic E-state index is -0.221. The van der Waals surface area contributed by atoms with Gasteiger partial charge in [-0.2, -0.15) is 0 Å². The average Bonchev–Trinajstić information content (AvgIpc) is 3.67. The van der Waals surface area contributed by atoms with E-state index in [-0.39, 0.29) is 5.41 Å². The van der Waals surface area contributed by atoms with Gasteiger partial charge in [-0.3, -0.25) is 9.97 Å². The van der Waals surface area contributed by atoms with E-state index in [1.54, 1.807) is 12.4 Å². The van der Waals surface area contributed by atoms with E-state index >= 15 is 0 Å². The van der Waals surface area contributed by atoms with Crippen LogP contribution in [0.15, 0.2) is 195 Å². The number of anilines is 3. The number of aryl methyl sites for hydroxylation is 1. The third-order valence-corrected chi connectivity index (χ3v) is 12.2. The van der Waals surface area contributed by atoms with Crippen molar-refractivity contribution in [3.05, 3.63) is 239 Å². The van der Waals surface area contributed by atoms with Gasteiger partial charge in [0, 0.05) is 40.3 Å². The zero-order valence-electron chi connectivity index (χ0n) is 33.8. The number of hydrogen-bond donors (Lipinski definition) is 0. The van der Waals surface area contributed by atoms with E-state index < -0.39 is 0 Å². The number of aromatic nitrogens is 3. The van der Waals surface area contributed by atoms with Crippen molar-refractivity contribution in [2.24, 2.45) is 0 Å². The molecule has 0 saturated heterocycles. The number of fused-ring (bicyclic) bond motifs is 4. The quantitative estimate of drug-likeness (QED) is 0.145. The summed E-state index contributed by atoms with van der Waals surface area (Å²) >= 11 is 0. The van der Waals surface area contributed by atoms with Crippen LogP contribution >= 0.6 is 0 Å². The lowest BCUT2D eigenvalue weighted by molar-refractivity contribution is 0.660. The maximum atomic E-state index is 4.44. The van der Waals surface area contributed by atoms with Crippen molar-refractivity contribution in [2.75, 3.05) is 4.90 Å². The van der Waals surface area contributed by atoms with Crippen LogP contribution < -0.4 is 4.90 Å². The second-order valence-electron chi connectivity index (χ2n) is 16.0. The lowest BCUT2D eigenvalue weighted by Gasteiger charge is -2.25. The molecular weight excluding hydrogens is 717 g/mol. The Kier molecular flexibility index (Phi) is 8.91. The van der Waals surface area contributed by atoms with Crippen molar-refractivity contribution in [2.45, 2.75) is 33.1 Å². The first kappa shape index (κ1) is 36.1. The molecule has 4 nitrogen and oxygen atoms in total. The van der Waals surface area contributed by atoms with Crippen molar-refractivity contribution < 1.29 is 0 Å². The summed E-state index contributed by atoms with van der Waals surface area (Å²) in [4.78, 5) is 11.1. The molecular formula is C55H44N4. The van der Waals surface area contributed by atoms with Gasteiger partial charge in [0.1, 0.15) is 0 Å². The Morgan fingerprint density at radius 3 is 1.59 bits per heavy atom. The molecule has 284 valence electrons. The van der Waals surface area contributed by atoms with Crippen LogP contribution in [0.25, 0.3) is 38.9 Å². The number of para-hydroxylation sites is 1. The van der Waals surface area contributed by atoms with Crippen molar-refractivity contribution in [1.29, 1.82) is 0 Å². The fourth-order valence-electron chi connectivity index (χ4n) is 9.18. The molecule has 10 rings (SSSR count). The Balaban J connectivity index is 1.16. The molecule has 4 heteroatoms. The first-order chi connectivity index (χ1) is 28.9. The zero-order chi connectivity index (χ0) is 40.1. The van der Waals surface area contributed by atoms with Gasteiger partial charge >= 0.3 is 0 Å². The highest BCUT2D eigenvalue weighted by Crippen LogP contribution is 2.52. The molecule has 6 aromatic carbocycles.